The topological polar surface area (TPSA) is 43.8 Å². The molecule has 0 aromatic heterocycles. The average molecular weight is 335 g/mol. The van der Waals surface area contributed by atoms with Crippen LogP contribution in [0.2, 0.25) is 0 Å². The van der Waals surface area contributed by atoms with Crippen molar-refractivity contribution in [3.8, 4) is 0 Å². The number of aliphatic hydroxyl groups is 1. The van der Waals surface area contributed by atoms with Gasteiger partial charge in [-0.25, -0.2) is 0 Å². The first-order chi connectivity index (χ1) is 9.12. The maximum atomic E-state index is 11.9. The molecule has 2 atom stereocenters. The van der Waals surface area contributed by atoms with Gasteiger partial charge in [-0.3, -0.25) is 4.79 Å². The summed E-state index contributed by atoms with van der Waals surface area (Å²) in [7, 11) is 0. The van der Waals surface area contributed by atoms with Gasteiger partial charge in [0, 0.05) is 30.9 Å². The SMILES string of the molecule is CCN(CCO)CCCC(C)N1CC(CBr)CC1=O. The van der Waals surface area contributed by atoms with Crippen LogP contribution in [0.5, 0.6) is 0 Å². The minimum Gasteiger partial charge on any atom is -0.395 e. The van der Waals surface area contributed by atoms with Crippen molar-refractivity contribution in [3.63, 3.8) is 0 Å². The molecule has 0 aromatic carbocycles. The minimum atomic E-state index is 0.223. The maximum absolute atomic E-state index is 11.9. The zero-order chi connectivity index (χ0) is 14.3. The van der Waals surface area contributed by atoms with Crippen LogP contribution in [-0.4, -0.2) is 65.0 Å². The fourth-order valence-electron chi connectivity index (χ4n) is 2.67. The van der Waals surface area contributed by atoms with Gasteiger partial charge in [-0.1, -0.05) is 22.9 Å². The average Bonchev–Trinajstić information content (AvgIpc) is 2.79. The zero-order valence-corrected chi connectivity index (χ0v) is 13.7. The molecule has 1 fully saturated rings. The quantitative estimate of drug-likeness (QED) is 0.653. The Balaban J connectivity index is 2.27. The lowest BCUT2D eigenvalue weighted by molar-refractivity contribution is -0.129. The van der Waals surface area contributed by atoms with E-state index in [2.05, 4.69) is 34.7 Å². The number of nitrogens with zero attached hydrogens (tertiary/aromatic N) is 2. The van der Waals surface area contributed by atoms with Crippen molar-refractivity contribution < 1.29 is 9.90 Å². The van der Waals surface area contributed by atoms with Crippen molar-refractivity contribution in [2.45, 2.75) is 39.2 Å². The van der Waals surface area contributed by atoms with Gasteiger partial charge in [0.25, 0.3) is 0 Å². The number of alkyl halides is 1. The summed E-state index contributed by atoms with van der Waals surface area (Å²) >= 11 is 3.47. The Kier molecular flexibility index (Phi) is 7.95. The molecule has 4 nitrogen and oxygen atoms in total. The van der Waals surface area contributed by atoms with E-state index in [4.69, 9.17) is 5.11 Å². The summed E-state index contributed by atoms with van der Waals surface area (Å²) in [6.45, 7) is 8.12. The highest BCUT2D eigenvalue weighted by molar-refractivity contribution is 9.09. The fourth-order valence-corrected chi connectivity index (χ4v) is 3.11. The maximum Gasteiger partial charge on any atom is 0.223 e. The highest BCUT2D eigenvalue weighted by Crippen LogP contribution is 2.23. The third-order valence-corrected chi connectivity index (χ3v) is 4.86. The lowest BCUT2D eigenvalue weighted by atomic mass is 10.1. The number of rotatable bonds is 9. The molecule has 0 aliphatic carbocycles. The van der Waals surface area contributed by atoms with Crippen molar-refractivity contribution in [2.24, 2.45) is 5.92 Å². The molecule has 1 heterocycles. The van der Waals surface area contributed by atoms with E-state index in [1.165, 1.54) is 0 Å². The van der Waals surface area contributed by atoms with Gasteiger partial charge in [0.15, 0.2) is 0 Å². The minimum absolute atomic E-state index is 0.223. The summed E-state index contributed by atoms with van der Waals surface area (Å²) in [5.74, 6) is 0.788. The first-order valence-electron chi connectivity index (χ1n) is 7.31. The van der Waals surface area contributed by atoms with Gasteiger partial charge in [-0.2, -0.15) is 0 Å². The van der Waals surface area contributed by atoms with Gasteiger partial charge in [-0.15, -0.1) is 0 Å². The molecule has 112 valence electrons. The Morgan fingerprint density at radius 2 is 2.26 bits per heavy atom. The summed E-state index contributed by atoms with van der Waals surface area (Å²) in [5.41, 5.74) is 0. The Morgan fingerprint density at radius 1 is 1.53 bits per heavy atom. The first-order valence-corrected chi connectivity index (χ1v) is 8.43. The molecule has 1 saturated heterocycles. The highest BCUT2D eigenvalue weighted by Gasteiger charge is 2.31. The van der Waals surface area contributed by atoms with Gasteiger partial charge in [-0.05, 0) is 38.8 Å². The number of carbonyl (C=O) groups is 1. The Morgan fingerprint density at radius 3 is 2.79 bits per heavy atom. The van der Waals surface area contributed by atoms with Gasteiger partial charge < -0.3 is 14.9 Å². The van der Waals surface area contributed by atoms with Gasteiger partial charge in [0.2, 0.25) is 5.91 Å². The number of halogens is 1. The molecule has 0 spiro atoms. The molecule has 1 aliphatic heterocycles. The number of likely N-dealkylation sites (tertiary alicyclic amines) is 1. The summed E-state index contributed by atoms with van der Waals surface area (Å²) in [5, 5.41) is 9.86. The largest absolute Gasteiger partial charge is 0.395 e. The van der Waals surface area contributed by atoms with E-state index in [1.54, 1.807) is 0 Å². The molecule has 5 heteroatoms. The number of carbonyl (C=O) groups excluding carboxylic acids is 1. The van der Waals surface area contributed by atoms with Crippen LogP contribution < -0.4 is 0 Å². The van der Waals surface area contributed by atoms with Crippen molar-refractivity contribution in [1.29, 1.82) is 0 Å². The van der Waals surface area contributed by atoms with Crippen LogP contribution >= 0.6 is 15.9 Å². The standard InChI is InChI=1S/C14H27BrN2O2/c1-3-16(7-8-18)6-4-5-12(2)17-11-13(10-15)9-14(17)19/h12-13,18H,3-11H2,1-2H3. The van der Waals surface area contributed by atoms with E-state index in [1.807, 2.05) is 4.90 Å². The van der Waals surface area contributed by atoms with E-state index >= 15 is 0 Å². The zero-order valence-electron chi connectivity index (χ0n) is 12.1. The van der Waals surface area contributed by atoms with Crippen LogP contribution in [0.3, 0.4) is 0 Å². The smallest absolute Gasteiger partial charge is 0.223 e. The molecular formula is C14H27BrN2O2. The van der Waals surface area contributed by atoms with Crippen molar-refractivity contribution >= 4 is 21.8 Å². The third-order valence-electron chi connectivity index (χ3n) is 3.95. The van der Waals surface area contributed by atoms with Crippen LogP contribution in [0.15, 0.2) is 0 Å². The summed E-state index contributed by atoms with van der Waals surface area (Å²) in [4.78, 5) is 16.2. The Bertz CT molecular complexity index is 276. The van der Waals surface area contributed by atoms with Crippen molar-refractivity contribution in [3.05, 3.63) is 0 Å². The van der Waals surface area contributed by atoms with Crippen LogP contribution in [-0.2, 0) is 4.79 Å². The third kappa shape index (κ3) is 5.40. The first kappa shape index (κ1) is 16.9. The second kappa shape index (κ2) is 8.93. The molecule has 1 aliphatic rings. The van der Waals surface area contributed by atoms with Crippen molar-refractivity contribution in [1.82, 2.24) is 9.80 Å². The molecule has 0 bridgehead atoms. The van der Waals surface area contributed by atoms with Crippen LogP contribution in [0.4, 0.5) is 0 Å². The lowest BCUT2D eigenvalue weighted by Gasteiger charge is -2.26. The molecule has 1 amide bonds. The molecule has 19 heavy (non-hydrogen) atoms. The Hall–Kier alpha value is -0.130. The normalized spacial score (nSPS) is 21.4. The number of hydrogen-bond acceptors (Lipinski definition) is 3. The van der Waals surface area contributed by atoms with Crippen molar-refractivity contribution in [2.75, 3.05) is 38.1 Å². The molecule has 1 N–H and O–H groups in total. The highest BCUT2D eigenvalue weighted by atomic mass is 79.9. The predicted molar refractivity (Wildman–Crippen MR) is 81.5 cm³/mol. The van der Waals surface area contributed by atoms with Crippen LogP contribution in [0, 0.1) is 5.92 Å². The molecule has 0 aromatic rings. The van der Waals surface area contributed by atoms with E-state index in [-0.39, 0.29) is 6.61 Å². The van der Waals surface area contributed by atoms with E-state index in [9.17, 15) is 4.79 Å². The summed E-state index contributed by atoms with van der Waals surface area (Å²) in [6, 6.07) is 0.337. The number of aliphatic hydroxyl groups excluding tert-OH is 1. The number of hydrogen-bond donors (Lipinski definition) is 1. The molecule has 2 unspecified atom stereocenters. The number of amides is 1. The molecular weight excluding hydrogens is 308 g/mol. The van der Waals surface area contributed by atoms with E-state index < -0.39 is 0 Å². The van der Waals surface area contributed by atoms with Gasteiger partial charge in [0.05, 0.1) is 6.61 Å². The molecule has 0 saturated carbocycles. The summed E-state index contributed by atoms with van der Waals surface area (Å²) < 4.78 is 0. The monoisotopic (exact) mass is 334 g/mol. The Labute approximate surface area is 125 Å². The van der Waals surface area contributed by atoms with Crippen LogP contribution in [0.1, 0.15) is 33.1 Å². The summed E-state index contributed by atoms with van der Waals surface area (Å²) in [6.07, 6.45) is 2.82. The second-order valence-electron chi connectivity index (χ2n) is 5.42. The van der Waals surface area contributed by atoms with Gasteiger partial charge in [0.1, 0.15) is 0 Å². The lowest BCUT2D eigenvalue weighted by Crippen LogP contribution is -2.35. The molecule has 1 rings (SSSR count). The predicted octanol–water partition coefficient (Wildman–Crippen LogP) is 1.71. The fraction of sp³-hybridized carbons (Fsp3) is 0.929. The van der Waals surface area contributed by atoms with Gasteiger partial charge >= 0.3 is 0 Å². The number of likely N-dealkylation sites (N-methyl/N-ethyl adjacent to an activating group) is 1. The molecule has 0 radical (unpaired) electrons. The second-order valence-corrected chi connectivity index (χ2v) is 6.07. The van der Waals surface area contributed by atoms with E-state index in [0.29, 0.717) is 24.3 Å². The van der Waals surface area contributed by atoms with Crippen LogP contribution in [0.25, 0.3) is 0 Å². The van der Waals surface area contributed by atoms with E-state index in [0.717, 1.165) is 44.4 Å².